The summed E-state index contributed by atoms with van der Waals surface area (Å²) in [5, 5.41) is 2.96. The molecule has 0 radical (unpaired) electrons. The van der Waals surface area contributed by atoms with Crippen LogP contribution in [0.1, 0.15) is 47.7 Å². The largest absolute Gasteiger partial charge is 0.348 e. The number of sulfonamides is 1. The average molecular weight is 485 g/mol. The second-order valence-electron chi connectivity index (χ2n) is 9.57. The summed E-state index contributed by atoms with van der Waals surface area (Å²) in [6.45, 7) is 8.18. The van der Waals surface area contributed by atoms with E-state index in [4.69, 9.17) is 0 Å². The Morgan fingerprint density at radius 3 is 2.38 bits per heavy atom. The van der Waals surface area contributed by atoms with Gasteiger partial charge in [0.05, 0.1) is 4.90 Å². The highest BCUT2D eigenvalue weighted by molar-refractivity contribution is 7.89. The van der Waals surface area contributed by atoms with Crippen LogP contribution in [0.15, 0.2) is 53.4 Å². The molecule has 34 heavy (non-hydrogen) atoms. The first-order chi connectivity index (χ1) is 16.3. The molecule has 2 saturated heterocycles. The molecule has 0 aliphatic carbocycles. The number of likely N-dealkylation sites (N-methyl/N-ethyl adjacent to an activating group) is 1. The van der Waals surface area contributed by atoms with Crippen molar-refractivity contribution in [2.45, 2.75) is 50.2 Å². The van der Waals surface area contributed by atoms with Crippen molar-refractivity contribution in [3.05, 3.63) is 65.2 Å². The second kappa shape index (κ2) is 11.0. The second-order valence-corrected chi connectivity index (χ2v) is 11.5. The Morgan fingerprint density at radius 1 is 0.971 bits per heavy atom. The van der Waals surface area contributed by atoms with E-state index in [1.807, 2.05) is 19.1 Å². The molecule has 1 amide bonds. The molecule has 2 aliphatic rings. The van der Waals surface area contributed by atoms with Gasteiger partial charge >= 0.3 is 0 Å². The third-order valence-corrected chi connectivity index (χ3v) is 8.94. The Kier molecular flexibility index (Phi) is 8.03. The summed E-state index contributed by atoms with van der Waals surface area (Å²) in [5.41, 5.74) is 2.76. The topological polar surface area (TPSA) is 73.0 Å². The molecule has 0 saturated carbocycles. The van der Waals surface area contributed by atoms with E-state index < -0.39 is 10.0 Å². The molecule has 2 aromatic carbocycles. The number of piperidine rings is 1. The van der Waals surface area contributed by atoms with Gasteiger partial charge < -0.3 is 10.2 Å². The van der Waals surface area contributed by atoms with Gasteiger partial charge in [0.1, 0.15) is 0 Å². The molecule has 2 fully saturated rings. The molecule has 1 N–H and O–H groups in total. The van der Waals surface area contributed by atoms with Crippen LogP contribution in [0, 0.1) is 0 Å². The lowest BCUT2D eigenvalue weighted by Gasteiger charge is -2.32. The first kappa shape index (κ1) is 24.9. The predicted octanol–water partition coefficient (Wildman–Crippen LogP) is 2.93. The Hall–Kier alpha value is -2.26. The van der Waals surface area contributed by atoms with Crippen LogP contribution in [-0.2, 0) is 23.1 Å². The van der Waals surface area contributed by atoms with Crippen LogP contribution >= 0.6 is 0 Å². The lowest BCUT2D eigenvalue weighted by Crippen LogP contribution is -2.43. The van der Waals surface area contributed by atoms with Crippen LogP contribution in [0.25, 0.3) is 0 Å². The minimum atomic E-state index is -3.53. The van der Waals surface area contributed by atoms with Gasteiger partial charge in [-0.05, 0) is 62.2 Å². The fourth-order valence-corrected chi connectivity index (χ4v) is 6.43. The van der Waals surface area contributed by atoms with Crippen molar-refractivity contribution in [3.63, 3.8) is 0 Å². The van der Waals surface area contributed by atoms with Gasteiger partial charge in [-0.25, -0.2) is 8.42 Å². The monoisotopic (exact) mass is 484 g/mol. The first-order valence-electron chi connectivity index (χ1n) is 12.2. The van der Waals surface area contributed by atoms with E-state index in [2.05, 4.69) is 34.3 Å². The van der Waals surface area contributed by atoms with Crippen molar-refractivity contribution < 1.29 is 13.2 Å². The van der Waals surface area contributed by atoms with Gasteiger partial charge in [-0.1, -0.05) is 30.7 Å². The summed E-state index contributed by atoms with van der Waals surface area (Å²) < 4.78 is 27.6. The van der Waals surface area contributed by atoms with Crippen LogP contribution in [-0.4, -0.2) is 74.2 Å². The smallest absolute Gasteiger partial charge is 0.251 e. The highest BCUT2D eigenvalue weighted by atomic mass is 32.2. The quantitative estimate of drug-likeness (QED) is 0.654. The number of hydrogen-bond donors (Lipinski definition) is 1. The zero-order valence-corrected chi connectivity index (χ0v) is 21.1. The van der Waals surface area contributed by atoms with E-state index in [1.165, 1.54) is 5.56 Å². The number of piperazine rings is 1. The maximum atomic E-state index is 13.0. The van der Waals surface area contributed by atoms with E-state index in [0.29, 0.717) is 18.7 Å². The van der Waals surface area contributed by atoms with Crippen molar-refractivity contribution in [2.75, 3.05) is 39.8 Å². The molecule has 2 aliphatic heterocycles. The van der Waals surface area contributed by atoms with Gasteiger partial charge in [0.25, 0.3) is 5.91 Å². The summed E-state index contributed by atoms with van der Waals surface area (Å²) in [6.07, 6.45) is 2.84. The van der Waals surface area contributed by atoms with E-state index in [9.17, 15) is 13.2 Å². The Bertz CT molecular complexity index is 1080. The van der Waals surface area contributed by atoms with Gasteiger partial charge in [-0.2, -0.15) is 4.31 Å². The van der Waals surface area contributed by atoms with Crippen LogP contribution in [0.3, 0.4) is 0 Å². The SMILES string of the molecule is CC1CCCCN1S(=O)(=O)c1ccc(C(=O)NCc2cccc(CN3CCN(C)CC3)c2)cc1. The number of nitrogens with zero attached hydrogens (tertiary/aromatic N) is 3. The van der Waals surface area contributed by atoms with Crippen LogP contribution < -0.4 is 5.32 Å². The summed E-state index contributed by atoms with van der Waals surface area (Å²) in [4.78, 5) is 17.7. The number of rotatable bonds is 7. The van der Waals surface area contributed by atoms with E-state index in [-0.39, 0.29) is 16.8 Å². The van der Waals surface area contributed by atoms with Gasteiger partial charge in [0.2, 0.25) is 10.0 Å². The van der Waals surface area contributed by atoms with Gasteiger partial charge in [-0.3, -0.25) is 9.69 Å². The normalized spacial score (nSPS) is 20.8. The number of benzene rings is 2. The number of carbonyl (C=O) groups excluding carboxylic acids is 1. The minimum Gasteiger partial charge on any atom is -0.348 e. The third kappa shape index (κ3) is 6.05. The van der Waals surface area contributed by atoms with Crippen LogP contribution in [0.4, 0.5) is 0 Å². The highest BCUT2D eigenvalue weighted by Gasteiger charge is 2.30. The Balaban J connectivity index is 1.33. The molecule has 2 heterocycles. The molecule has 1 atom stereocenters. The molecule has 1 unspecified atom stereocenters. The van der Waals surface area contributed by atoms with Crippen LogP contribution in [0.5, 0.6) is 0 Å². The van der Waals surface area contributed by atoms with Crippen molar-refractivity contribution in [1.29, 1.82) is 0 Å². The van der Waals surface area contributed by atoms with E-state index in [0.717, 1.165) is 57.5 Å². The third-order valence-electron chi connectivity index (χ3n) is 6.91. The maximum absolute atomic E-state index is 13.0. The van der Waals surface area contributed by atoms with Crippen LogP contribution in [0.2, 0.25) is 0 Å². The highest BCUT2D eigenvalue weighted by Crippen LogP contribution is 2.25. The summed E-state index contributed by atoms with van der Waals surface area (Å²) >= 11 is 0. The lowest BCUT2D eigenvalue weighted by molar-refractivity contribution is 0.0950. The van der Waals surface area contributed by atoms with E-state index >= 15 is 0 Å². The molecule has 0 spiro atoms. The molecule has 4 rings (SSSR count). The summed E-state index contributed by atoms with van der Waals surface area (Å²) in [5.74, 6) is -0.209. The van der Waals surface area contributed by atoms with Crippen molar-refractivity contribution in [3.8, 4) is 0 Å². The Morgan fingerprint density at radius 2 is 1.68 bits per heavy atom. The average Bonchev–Trinajstić information content (AvgIpc) is 2.84. The van der Waals surface area contributed by atoms with Gasteiger partial charge in [-0.15, -0.1) is 0 Å². The first-order valence-corrected chi connectivity index (χ1v) is 13.7. The van der Waals surface area contributed by atoms with Crippen molar-refractivity contribution in [2.24, 2.45) is 0 Å². The fraction of sp³-hybridized carbons (Fsp3) is 0.500. The predicted molar refractivity (Wildman–Crippen MR) is 134 cm³/mol. The summed E-state index contributed by atoms with van der Waals surface area (Å²) in [6, 6.07) is 14.6. The molecule has 0 bridgehead atoms. The lowest BCUT2D eigenvalue weighted by atomic mass is 10.1. The maximum Gasteiger partial charge on any atom is 0.251 e. The van der Waals surface area contributed by atoms with Crippen molar-refractivity contribution >= 4 is 15.9 Å². The summed E-state index contributed by atoms with van der Waals surface area (Å²) in [7, 11) is -1.38. The molecule has 0 aromatic heterocycles. The molecule has 184 valence electrons. The minimum absolute atomic E-state index is 0.00809. The standard InChI is InChI=1S/C26H36N4O3S/c1-21-6-3-4-13-30(21)34(32,33)25-11-9-24(10-12-25)26(31)27-19-22-7-5-8-23(18-22)20-29-16-14-28(2)15-17-29/h5,7-12,18,21H,3-4,6,13-17,19-20H2,1-2H3,(H,27,31). The van der Waals surface area contributed by atoms with E-state index in [1.54, 1.807) is 28.6 Å². The fourth-order valence-electron chi connectivity index (χ4n) is 4.73. The van der Waals surface area contributed by atoms with Gasteiger partial charge in [0, 0.05) is 57.4 Å². The molecule has 8 heteroatoms. The molecule has 2 aromatic rings. The zero-order valence-electron chi connectivity index (χ0n) is 20.2. The molecular formula is C26H36N4O3S. The number of nitrogens with one attached hydrogen (secondary N) is 1. The molecule has 7 nitrogen and oxygen atoms in total. The number of hydrogen-bond acceptors (Lipinski definition) is 5. The zero-order chi connectivity index (χ0) is 24.1. The van der Waals surface area contributed by atoms with Crippen molar-refractivity contribution in [1.82, 2.24) is 19.4 Å². The number of amides is 1. The molecular weight excluding hydrogens is 448 g/mol. The number of carbonyl (C=O) groups is 1. The van der Waals surface area contributed by atoms with Gasteiger partial charge in [0.15, 0.2) is 0 Å². The Labute approximate surface area is 203 Å².